The fourth-order valence-electron chi connectivity index (χ4n) is 1.77. The summed E-state index contributed by atoms with van der Waals surface area (Å²) >= 11 is 0. The van der Waals surface area contributed by atoms with E-state index >= 15 is 0 Å². The van der Waals surface area contributed by atoms with Gasteiger partial charge in [-0.1, -0.05) is 13.3 Å². The SMILES string of the molecule is CCCCOCCOCCOCCOCCOCCNC(=O)OC(C)(C)C. The van der Waals surface area contributed by atoms with Gasteiger partial charge in [-0.05, 0) is 27.2 Å². The molecule has 0 rings (SSSR count). The molecule has 0 aliphatic heterocycles. The molecule has 8 heteroatoms. The summed E-state index contributed by atoms with van der Waals surface area (Å²) in [5.74, 6) is 0. The zero-order chi connectivity index (χ0) is 20.2. The molecule has 0 radical (unpaired) electrons. The van der Waals surface area contributed by atoms with Crippen LogP contribution >= 0.6 is 0 Å². The maximum atomic E-state index is 11.4. The van der Waals surface area contributed by atoms with Gasteiger partial charge in [0.1, 0.15) is 5.60 Å². The van der Waals surface area contributed by atoms with Crippen molar-refractivity contribution < 1.29 is 33.2 Å². The Morgan fingerprint density at radius 3 is 1.52 bits per heavy atom. The Balaban J connectivity index is 3.12. The van der Waals surface area contributed by atoms with Crippen molar-refractivity contribution in [2.75, 3.05) is 72.6 Å². The second-order valence-electron chi connectivity index (χ2n) is 6.84. The molecule has 0 aromatic heterocycles. The largest absolute Gasteiger partial charge is 0.444 e. The predicted octanol–water partition coefficient (Wildman–Crippen LogP) is 2.39. The fourth-order valence-corrected chi connectivity index (χ4v) is 1.77. The number of hydrogen-bond donors (Lipinski definition) is 1. The van der Waals surface area contributed by atoms with Crippen molar-refractivity contribution in [3.8, 4) is 0 Å². The summed E-state index contributed by atoms with van der Waals surface area (Å²) in [6.45, 7) is 13.6. The number of carbonyl (C=O) groups is 1. The Kier molecular flexibility index (Phi) is 17.8. The van der Waals surface area contributed by atoms with E-state index in [1.807, 2.05) is 20.8 Å². The lowest BCUT2D eigenvalue weighted by atomic mass is 10.2. The summed E-state index contributed by atoms with van der Waals surface area (Å²) in [6, 6.07) is 0. The zero-order valence-corrected chi connectivity index (χ0v) is 17.6. The molecule has 1 N–H and O–H groups in total. The molecule has 0 aromatic carbocycles. The Hall–Kier alpha value is -0.930. The van der Waals surface area contributed by atoms with E-state index in [1.54, 1.807) is 0 Å². The number of rotatable bonds is 18. The number of alkyl carbamates (subject to hydrolysis) is 1. The van der Waals surface area contributed by atoms with E-state index < -0.39 is 11.7 Å². The van der Waals surface area contributed by atoms with Gasteiger partial charge in [0.15, 0.2) is 0 Å². The van der Waals surface area contributed by atoms with Crippen LogP contribution < -0.4 is 5.32 Å². The minimum absolute atomic E-state index is 0.404. The van der Waals surface area contributed by atoms with Crippen molar-refractivity contribution in [2.45, 2.75) is 46.1 Å². The van der Waals surface area contributed by atoms with Crippen molar-refractivity contribution in [2.24, 2.45) is 0 Å². The molecular weight excluding hydrogens is 354 g/mol. The van der Waals surface area contributed by atoms with Gasteiger partial charge in [-0.15, -0.1) is 0 Å². The summed E-state index contributed by atoms with van der Waals surface area (Å²) in [5, 5.41) is 2.62. The fraction of sp³-hybridized carbons (Fsp3) is 0.947. The van der Waals surface area contributed by atoms with Gasteiger partial charge in [0.25, 0.3) is 0 Å². The Bertz CT molecular complexity index is 335. The second-order valence-corrected chi connectivity index (χ2v) is 6.84. The molecule has 0 saturated carbocycles. The molecule has 0 heterocycles. The van der Waals surface area contributed by atoms with E-state index in [0.717, 1.165) is 19.4 Å². The Labute approximate surface area is 164 Å². The molecule has 27 heavy (non-hydrogen) atoms. The average Bonchev–Trinajstić information content (AvgIpc) is 2.59. The van der Waals surface area contributed by atoms with Crippen molar-refractivity contribution in [3.63, 3.8) is 0 Å². The maximum absolute atomic E-state index is 11.4. The number of carbonyl (C=O) groups excluding carboxylic acids is 1. The number of nitrogens with one attached hydrogen (secondary N) is 1. The topological polar surface area (TPSA) is 84.5 Å². The molecular formula is C19H39NO7. The van der Waals surface area contributed by atoms with Crippen LogP contribution in [0.3, 0.4) is 0 Å². The number of ether oxygens (including phenoxy) is 6. The number of unbranched alkanes of at least 4 members (excludes halogenated alkanes) is 1. The third-order valence-electron chi connectivity index (χ3n) is 3.04. The molecule has 1 amide bonds. The smallest absolute Gasteiger partial charge is 0.407 e. The van der Waals surface area contributed by atoms with Crippen LogP contribution in [0.4, 0.5) is 4.79 Å². The first-order valence-corrected chi connectivity index (χ1v) is 9.81. The Morgan fingerprint density at radius 2 is 1.11 bits per heavy atom. The van der Waals surface area contributed by atoms with Crippen LogP contribution in [0.1, 0.15) is 40.5 Å². The van der Waals surface area contributed by atoms with Crippen LogP contribution in [0.25, 0.3) is 0 Å². The van der Waals surface area contributed by atoms with Gasteiger partial charge in [0.2, 0.25) is 0 Å². The quantitative estimate of drug-likeness (QED) is 0.358. The summed E-state index contributed by atoms with van der Waals surface area (Å²) in [6.07, 6.45) is 1.80. The van der Waals surface area contributed by atoms with Crippen LogP contribution in [0.15, 0.2) is 0 Å². The molecule has 8 nitrogen and oxygen atoms in total. The molecule has 162 valence electrons. The zero-order valence-electron chi connectivity index (χ0n) is 17.6. The van der Waals surface area contributed by atoms with Crippen molar-refractivity contribution in [1.82, 2.24) is 5.32 Å². The average molecular weight is 394 g/mol. The van der Waals surface area contributed by atoms with E-state index in [1.165, 1.54) is 0 Å². The summed E-state index contributed by atoms with van der Waals surface area (Å²) in [7, 11) is 0. The first kappa shape index (κ1) is 26.1. The number of amides is 1. The van der Waals surface area contributed by atoms with Gasteiger partial charge in [0.05, 0.1) is 59.5 Å². The second kappa shape index (κ2) is 18.4. The van der Waals surface area contributed by atoms with Crippen molar-refractivity contribution >= 4 is 6.09 Å². The lowest BCUT2D eigenvalue weighted by molar-refractivity contribution is -0.0111. The molecule has 0 fully saturated rings. The maximum Gasteiger partial charge on any atom is 0.407 e. The Morgan fingerprint density at radius 1 is 0.704 bits per heavy atom. The highest BCUT2D eigenvalue weighted by molar-refractivity contribution is 5.67. The van der Waals surface area contributed by atoms with Crippen LogP contribution in [-0.4, -0.2) is 84.3 Å². The summed E-state index contributed by atoms with van der Waals surface area (Å²) in [5.41, 5.74) is -0.490. The van der Waals surface area contributed by atoms with Crippen LogP contribution in [-0.2, 0) is 28.4 Å². The highest BCUT2D eigenvalue weighted by Gasteiger charge is 2.15. The molecule has 0 bridgehead atoms. The van der Waals surface area contributed by atoms with Gasteiger partial charge in [-0.25, -0.2) is 4.79 Å². The monoisotopic (exact) mass is 393 g/mol. The van der Waals surface area contributed by atoms with E-state index in [-0.39, 0.29) is 0 Å². The van der Waals surface area contributed by atoms with Gasteiger partial charge in [-0.2, -0.15) is 0 Å². The lowest BCUT2D eigenvalue weighted by Gasteiger charge is -2.19. The van der Waals surface area contributed by atoms with Gasteiger partial charge < -0.3 is 33.7 Å². The van der Waals surface area contributed by atoms with Gasteiger partial charge >= 0.3 is 6.09 Å². The predicted molar refractivity (Wildman–Crippen MR) is 103 cm³/mol. The lowest BCUT2D eigenvalue weighted by Crippen LogP contribution is -2.34. The van der Waals surface area contributed by atoms with E-state index in [4.69, 9.17) is 28.4 Å². The normalized spacial score (nSPS) is 11.6. The van der Waals surface area contributed by atoms with Crippen LogP contribution in [0.5, 0.6) is 0 Å². The molecule has 0 unspecified atom stereocenters. The number of hydrogen-bond acceptors (Lipinski definition) is 7. The summed E-state index contributed by atoms with van der Waals surface area (Å²) in [4.78, 5) is 11.4. The van der Waals surface area contributed by atoms with Crippen LogP contribution in [0, 0.1) is 0 Å². The highest BCUT2D eigenvalue weighted by Crippen LogP contribution is 2.05. The molecule has 0 aromatic rings. The van der Waals surface area contributed by atoms with E-state index in [2.05, 4.69) is 12.2 Å². The molecule has 0 aliphatic rings. The third-order valence-corrected chi connectivity index (χ3v) is 3.04. The van der Waals surface area contributed by atoms with Crippen molar-refractivity contribution in [3.05, 3.63) is 0 Å². The van der Waals surface area contributed by atoms with Crippen LogP contribution in [0.2, 0.25) is 0 Å². The van der Waals surface area contributed by atoms with Gasteiger partial charge in [0, 0.05) is 13.2 Å². The minimum Gasteiger partial charge on any atom is -0.444 e. The summed E-state index contributed by atoms with van der Waals surface area (Å²) < 4.78 is 32.0. The minimum atomic E-state index is -0.490. The molecule has 0 aliphatic carbocycles. The standard InChI is InChI=1S/C19H39NO7/c1-5-6-8-22-10-12-24-14-16-26-17-15-25-13-11-23-9-7-20-18(21)27-19(2,3)4/h5-17H2,1-4H3,(H,20,21). The third kappa shape index (κ3) is 23.0. The molecule has 0 atom stereocenters. The first-order valence-electron chi connectivity index (χ1n) is 9.81. The molecule has 0 spiro atoms. The highest BCUT2D eigenvalue weighted by atomic mass is 16.6. The first-order chi connectivity index (χ1) is 13.0. The van der Waals surface area contributed by atoms with E-state index in [0.29, 0.717) is 66.0 Å². The van der Waals surface area contributed by atoms with E-state index in [9.17, 15) is 4.79 Å². The van der Waals surface area contributed by atoms with Crippen molar-refractivity contribution in [1.29, 1.82) is 0 Å². The molecule has 0 saturated heterocycles. The van der Waals surface area contributed by atoms with Gasteiger partial charge in [-0.3, -0.25) is 0 Å².